The van der Waals surface area contributed by atoms with Crippen LogP contribution in [-0.2, 0) is 9.59 Å². The van der Waals surface area contributed by atoms with E-state index in [1.165, 1.54) is 63.9 Å². The molecule has 172 valence electrons. The molecule has 2 spiro atoms. The Labute approximate surface area is 187 Å². The van der Waals surface area contributed by atoms with E-state index in [0.717, 1.165) is 37.5 Å². The predicted octanol–water partition coefficient (Wildman–Crippen LogP) is 6.61. The Morgan fingerprint density at radius 2 is 1.74 bits per heavy atom. The SMILES string of the molecule is CC1=CCCC(C/C=C/C(=O)O)C12CC2.CC1CCC(CCC2(C(=O)O)CC2)C12CC2. The third kappa shape index (κ3) is 4.50. The lowest BCUT2D eigenvalue weighted by atomic mass is 9.74. The first-order chi connectivity index (χ1) is 14.7. The first-order valence-corrected chi connectivity index (χ1v) is 12.5. The Hall–Kier alpha value is -1.58. The Balaban J connectivity index is 0.000000150. The van der Waals surface area contributed by atoms with E-state index in [4.69, 9.17) is 5.11 Å². The highest BCUT2D eigenvalue weighted by molar-refractivity contribution is 5.79. The third-order valence-electron chi connectivity index (χ3n) is 9.85. The van der Waals surface area contributed by atoms with Crippen molar-refractivity contribution in [2.75, 3.05) is 0 Å². The molecular weight excluding hydrogens is 388 g/mol. The van der Waals surface area contributed by atoms with Crippen molar-refractivity contribution < 1.29 is 19.8 Å². The van der Waals surface area contributed by atoms with Gasteiger partial charge in [-0.15, -0.1) is 0 Å². The molecule has 0 aliphatic heterocycles. The van der Waals surface area contributed by atoms with E-state index in [-0.39, 0.29) is 5.41 Å². The second kappa shape index (κ2) is 8.41. The molecule has 4 saturated carbocycles. The van der Waals surface area contributed by atoms with Crippen LogP contribution in [0.1, 0.15) is 97.3 Å². The van der Waals surface area contributed by atoms with Crippen molar-refractivity contribution >= 4 is 11.9 Å². The summed E-state index contributed by atoms with van der Waals surface area (Å²) >= 11 is 0. The van der Waals surface area contributed by atoms with Gasteiger partial charge in [0.15, 0.2) is 0 Å². The summed E-state index contributed by atoms with van der Waals surface area (Å²) in [6.45, 7) is 4.64. The standard InChI is InChI=1S/C14H22O2.C13H18O2/c1-10-2-3-11(14(10)8-9-14)4-5-13(6-7-13)12(15)16;1-10-4-2-5-11(13(10)8-9-13)6-3-7-12(14)15/h10-11H,2-9H2,1H3,(H,15,16);3-4,7,11H,2,5-6,8-9H2,1H3,(H,14,15)/b;7-3+. The summed E-state index contributed by atoms with van der Waals surface area (Å²) in [5.41, 5.74) is 2.37. The molecule has 4 nitrogen and oxygen atoms in total. The van der Waals surface area contributed by atoms with Crippen molar-refractivity contribution in [1.29, 1.82) is 0 Å². The Morgan fingerprint density at radius 1 is 1.03 bits per heavy atom. The number of hydrogen-bond donors (Lipinski definition) is 2. The Morgan fingerprint density at radius 3 is 2.29 bits per heavy atom. The van der Waals surface area contributed by atoms with Crippen LogP contribution in [0.25, 0.3) is 0 Å². The zero-order valence-electron chi connectivity index (χ0n) is 19.4. The molecule has 5 rings (SSSR count). The number of allylic oxidation sites excluding steroid dienone is 3. The molecular formula is C27H40O4. The normalized spacial score (nSPS) is 33.0. The van der Waals surface area contributed by atoms with Crippen LogP contribution in [0.5, 0.6) is 0 Å². The van der Waals surface area contributed by atoms with E-state index in [1.54, 1.807) is 5.57 Å². The van der Waals surface area contributed by atoms with Gasteiger partial charge in [0.25, 0.3) is 0 Å². The Bertz CT molecular complexity index is 764. The maximum atomic E-state index is 11.1. The van der Waals surface area contributed by atoms with Gasteiger partial charge in [-0.25, -0.2) is 4.79 Å². The summed E-state index contributed by atoms with van der Waals surface area (Å²) in [5, 5.41) is 17.7. The van der Waals surface area contributed by atoms with Gasteiger partial charge in [-0.2, -0.15) is 0 Å². The molecule has 0 saturated heterocycles. The van der Waals surface area contributed by atoms with E-state index >= 15 is 0 Å². The van der Waals surface area contributed by atoms with Gasteiger partial charge in [0.1, 0.15) is 0 Å². The quantitative estimate of drug-likeness (QED) is 0.353. The van der Waals surface area contributed by atoms with Crippen LogP contribution in [0, 0.1) is 34.0 Å². The van der Waals surface area contributed by atoms with Crippen molar-refractivity contribution in [2.24, 2.45) is 34.0 Å². The Kier molecular flexibility index (Phi) is 6.13. The molecule has 0 aromatic rings. The monoisotopic (exact) mass is 428 g/mol. The average molecular weight is 429 g/mol. The summed E-state index contributed by atoms with van der Waals surface area (Å²) in [6, 6.07) is 0. The number of rotatable bonds is 7. The largest absolute Gasteiger partial charge is 0.481 e. The van der Waals surface area contributed by atoms with Gasteiger partial charge in [0, 0.05) is 6.08 Å². The van der Waals surface area contributed by atoms with Gasteiger partial charge in [0.05, 0.1) is 5.41 Å². The summed E-state index contributed by atoms with van der Waals surface area (Å²) in [7, 11) is 0. The van der Waals surface area contributed by atoms with Gasteiger partial charge in [-0.3, -0.25) is 4.79 Å². The fourth-order valence-electron chi connectivity index (χ4n) is 6.99. The van der Waals surface area contributed by atoms with Crippen LogP contribution in [0.2, 0.25) is 0 Å². The van der Waals surface area contributed by atoms with Crippen molar-refractivity contribution in [3.05, 3.63) is 23.8 Å². The fraction of sp³-hybridized carbons (Fsp3) is 0.778. The van der Waals surface area contributed by atoms with E-state index in [0.29, 0.717) is 16.7 Å². The minimum atomic E-state index is -0.831. The lowest BCUT2D eigenvalue weighted by Gasteiger charge is -2.31. The van der Waals surface area contributed by atoms with Crippen molar-refractivity contribution in [3.8, 4) is 0 Å². The topological polar surface area (TPSA) is 74.6 Å². The van der Waals surface area contributed by atoms with E-state index < -0.39 is 11.9 Å². The first kappa shape index (κ1) is 22.6. The van der Waals surface area contributed by atoms with Gasteiger partial charge < -0.3 is 10.2 Å². The van der Waals surface area contributed by atoms with E-state index in [2.05, 4.69) is 19.9 Å². The molecule has 5 aliphatic rings. The first-order valence-electron chi connectivity index (χ1n) is 12.5. The second-order valence-corrected chi connectivity index (χ2v) is 11.3. The van der Waals surface area contributed by atoms with Gasteiger partial charge in [0.2, 0.25) is 0 Å². The molecule has 0 bridgehead atoms. The van der Waals surface area contributed by atoms with Crippen LogP contribution in [-0.4, -0.2) is 22.2 Å². The van der Waals surface area contributed by atoms with Gasteiger partial charge >= 0.3 is 11.9 Å². The van der Waals surface area contributed by atoms with Crippen molar-refractivity contribution in [1.82, 2.24) is 0 Å². The lowest BCUT2D eigenvalue weighted by Crippen LogP contribution is -2.20. The minimum absolute atomic E-state index is 0.290. The smallest absolute Gasteiger partial charge is 0.327 e. The highest BCUT2D eigenvalue weighted by atomic mass is 16.4. The van der Waals surface area contributed by atoms with Crippen LogP contribution >= 0.6 is 0 Å². The molecule has 31 heavy (non-hydrogen) atoms. The summed E-state index contributed by atoms with van der Waals surface area (Å²) in [4.78, 5) is 21.5. The summed E-state index contributed by atoms with van der Waals surface area (Å²) in [6.07, 6.45) is 21.0. The fourth-order valence-corrected chi connectivity index (χ4v) is 6.99. The highest BCUT2D eigenvalue weighted by Gasteiger charge is 2.57. The lowest BCUT2D eigenvalue weighted by molar-refractivity contribution is -0.143. The molecule has 2 N–H and O–H groups in total. The molecule has 0 aromatic heterocycles. The van der Waals surface area contributed by atoms with Gasteiger partial charge in [-0.1, -0.05) is 24.6 Å². The second-order valence-electron chi connectivity index (χ2n) is 11.3. The molecule has 0 radical (unpaired) electrons. The summed E-state index contributed by atoms with van der Waals surface area (Å²) in [5.74, 6) is 1.06. The van der Waals surface area contributed by atoms with Crippen LogP contribution in [0.15, 0.2) is 23.8 Å². The number of carboxylic acid groups (broad SMARTS) is 2. The maximum absolute atomic E-state index is 11.1. The summed E-state index contributed by atoms with van der Waals surface area (Å²) < 4.78 is 0. The van der Waals surface area contributed by atoms with Gasteiger partial charge in [-0.05, 0) is 119 Å². The third-order valence-corrected chi connectivity index (χ3v) is 9.85. The molecule has 0 amide bonds. The van der Waals surface area contributed by atoms with Crippen molar-refractivity contribution in [3.63, 3.8) is 0 Å². The molecule has 3 atom stereocenters. The number of hydrogen-bond acceptors (Lipinski definition) is 2. The van der Waals surface area contributed by atoms with E-state index in [1.807, 2.05) is 6.08 Å². The maximum Gasteiger partial charge on any atom is 0.327 e. The van der Waals surface area contributed by atoms with Crippen LogP contribution < -0.4 is 0 Å². The van der Waals surface area contributed by atoms with E-state index in [9.17, 15) is 14.7 Å². The number of carbonyl (C=O) groups is 2. The molecule has 0 heterocycles. The molecule has 3 unspecified atom stereocenters. The minimum Gasteiger partial charge on any atom is -0.481 e. The molecule has 4 fully saturated rings. The molecule has 5 aliphatic carbocycles. The average Bonchev–Trinajstić information content (AvgIpc) is 3.59. The molecule has 0 aromatic carbocycles. The molecule has 4 heteroatoms. The highest BCUT2D eigenvalue weighted by Crippen LogP contribution is 2.66. The van der Waals surface area contributed by atoms with Crippen molar-refractivity contribution in [2.45, 2.75) is 97.3 Å². The van der Waals surface area contributed by atoms with Crippen LogP contribution in [0.3, 0.4) is 0 Å². The zero-order valence-corrected chi connectivity index (χ0v) is 19.4. The zero-order chi connectivity index (χ0) is 22.3. The number of aliphatic carboxylic acids is 2. The van der Waals surface area contributed by atoms with Crippen LogP contribution in [0.4, 0.5) is 0 Å². The predicted molar refractivity (Wildman–Crippen MR) is 122 cm³/mol. The number of carboxylic acids is 2.